The lowest BCUT2D eigenvalue weighted by Gasteiger charge is -2.35. The zero-order valence-corrected chi connectivity index (χ0v) is 14.6. The fraction of sp³-hybridized carbons (Fsp3) is 0.500. The average Bonchev–Trinajstić information content (AvgIpc) is 3.33. The van der Waals surface area contributed by atoms with E-state index in [0.717, 1.165) is 50.9 Å². The van der Waals surface area contributed by atoms with Crippen LogP contribution in [-0.4, -0.2) is 34.1 Å². The monoisotopic (exact) mass is 341 g/mol. The number of nitrogens with one attached hydrogen (secondary N) is 1. The van der Waals surface area contributed by atoms with Crippen LogP contribution in [0.5, 0.6) is 0 Å². The molecule has 1 aromatic carbocycles. The number of rotatable bonds is 4. The van der Waals surface area contributed by atoms with E-state index in [1.807, 2.05) is 17.2 Å². The molecule has 5 heteroatoms. The number of halogens is 1. The number of aromatic amines is 1. The summed E-state index contributed by atoms with van der Waals surface area (Å²) in [6.45, 7) is 3.60. The summed E-state index contributed by atoms with van der Waals surface area (Å²) < 4.78 is 14.2. The van der Waals surface area contributed by atoms with Crippen molar-refractivity contribution in [1.29, 1.82) is 0 Å². The number of carbonyl (C=O) groups excluding carboxylic acids is 1. The van der Waals surface area contributed by atoms with Crippen molar-refractivity contribution < 1.29 is 9.18 Å². The van der Waals surface area contributed by atoms with Gasteiger partial charge >= 0.3 is 0 Å². The zero-order chi connectivity index (χ0) is 17.4. The first kappa shape index (κ1) is 16.3. The number of carbonyl (C=O) groups is 1. The Morgan fingerprint density at radius 1 is 1.40 bits per heavy atom. The van der Waals surface area contributed by atoms with Gasteiger partial charge in [0, 0.05) is 24.3 Å². The van der Waals surface area contributed by atoms with Crippen molar-refractivity contribution in [3.05, 3.63) is 53.1 Å². The van der Waals surface area contributed by atoms with Crippen LogP contribution in [0.1, 0.15) is 42.5 Å². The van der Waals surface area contributed by atoms with E-state index in [-0.39, 0.29) is 11.7 Å². The van der Waals surface area contributed by atoms with Crippen molar-refractivity contribution in [2.75, 3.05) is 13.1 Å². The lowest BCUT2D eigenvalue weighted by Crippen LogP contribution is -2.45. The first-order chi connectivity index (χ1) is 12.1. The number of likely N-dealkylation sites (tertiary alicyclic amines) is 1. The van der Waals surface area contributed by atoms with Crippen LogP contribution in [0.3, 0.4) is 0 Å². The number of piperidine rings is 1. The van der Waals surface area contributed by atoms with Gasteiger partial charge in [-0.05, 0) is 56.6 Å². The molecule has 1 aliphatic carbocycles. The summed E-state index contributed by atoms with van der Waals surface area (Å²) in [6.07, 6.45) is 6.41. The average molecular weight is 341 g/mol. The Kier molecular flexibility index (Phi) is 4.10. The molecule has 0 bridgehead atoms. The summed E-state index contributed by atoms with van der Waals surface area (Å²) in [5.74, 6) is 0.298. The minimum atomic E-state index is -0.614. The van der Waals surface area contributed by atoms with Gasteiger partial charge < -0.3 is 4.90 Å². The number of amides is 1. The fourth-order valence-electron chi connectivity index (χ4n) is 4.16. The van der Waals surface area contributed by atoms with Crippen LogP contribution in [0.15, 0.2) is 30.5 Å². The van der Waals surface area contributed by atoms with Crippen LogP contribution in [0, 0.1) is 18.7 Å². The van der Waals surface area contributed by atoms with Crippen molar-refractivity contribution >= 4 is 5.91 Å². The molecule has 4 nitrogen and oxygen atoms in total. The van der Waals surface area contributed by atoms with E-state index in [1.54, 1.807) is 12.1 Å². The molecular formula is C20H24FN3O. The molecule has 0 radical (unpaired) electrons. The number of nitrogens with zero attached hydrogens (tertiary/aromatic N) is 2. The number of hydrogen-bond donors (Lipinski definition) is 1. The van der Waals surface area contributed by atoms with Gasteiger partial charge in [0.05, 0.1) is 11.6 Å². The van der Waals surface area contributed by atoms with Crippen molar-refractivity contribution in [3.8, 4) is 0 Å². The molecule has 1 aliphatic heterocycles. The van der Waals surface area contributed by atoms with Crippen LogP contribution in [-0.2, 0) is 16.6 Å². The number of H-pyrrole nitrogens is 1. The normalized spacial score (nSPS) is 22.0. The predicted molar refractivity (Wildman–Crippen MR) is 93.6 cm³/mol. The Hall–Kier alpha value is -2.17. The Bertz CT molecular complexity index is 781. The molecule has 1 amide bonds. The molecule has 1 aromatic heterocycles. The molecular weight excluding hydrogens is 317 g/mol. The smallest absolute Gasteiger partial charge is 0.233 e. The van der Waals surface area contributed by atoms with Crippen LogP contribution >= 0.6 is 0 Å². The second-order valence-corrected chi connectivity index (χ2v) is 7.56. The standard InChI is InChI=1S/C20H24FN3O/c1-14-12-22-23-18(14)11-15-5-4-10-24(13-15)19(25)20(8-9-20)16-6-2-3-7-17(16)21/h2-3,6-7,12,15H,4-5,8-11,13H2,1H3,(H,22,23). The third-order valence-electron chi connectivity index (χ3n) is 5.78. The van der Waals surface area contributed by atoms with Crippen molar-refractivity contribution in [1.82, 2.24) is 15.1 Å². The van der Waals surface area contributed by atoms with Gasteiger partial charge in [0.1, 0.15) is 5.82 Å². The van der Waals surface area contributed by atoms with Crippen molar-refractivity contribution in [2.24, 2.45) is 5.92 Å². The lowest BCUT2D eigenvalue weighted by molar-refractivity contribution is -0.135. The first-order valence-corrected chi connectivity index (χ1v) is 9.13. The lowest BCUT2D eigenvalue weighted by atomic mass is 9.89. The van der Waals surface area contributed by atoms with Crippen LogP contribution < -0.4 is 0 Å². The molecule has 1 saturated carbocycles. The molecule has 4 rings (SSSR count). The highest BCUT2D eigenvalue weighted by Gasteiger charge is 2.54. The number of benzene rings is 1. The minimum Gasteiger partial charge on any atom is -0.342 e. The maximum Gasteiger partial charge on any atom is 0.233 e. The van der Waals surface area contributed by atoms with E-state index in [0.29, 0.717) is 11.5 Å². The third kappa shape index (κ3) is 2.96. The SMILES string of the molecule is Cc1cn[nH]c1CC1CCCN(C(=O)C2(c3ccccc3F)CC2)C1. The van der Waals surface area contributed by atoms with E-state index in [2.05, 4.69) is 17.1 Å². The highest BCUT2D eigenvalue weighted by Crippen LogP contribution is 2.50. The molecule has 2 aliphatic rings. The predicted octanol–water partition coefficient (Wildman–Crippen LogP) is 3.37. The summed E-state index contributed by atoms with van der Waals surface area (Å²) in [6, 6.07) is 6.74. The molecule has 132 valence electrons. The van der Waals surface area contributed by atoms with E-state index in [1.165, 1.54) is 11.6 Å². The van der Waals surface area contributed by atoms with Gasteiger partial charge in [0.25, 0.3) is 0 Å². The molecule has 1 saturated heterocycles. The quantitative estimate of drug-likeness (QED) is 0.927. The summed E-state index contributed by atoms with van der Waals surface area (Å²) in [4.78, 5) is 15.2. The molecule has 2 heterocycles. The Morgan fingerprint density at radius 3 is 2.88 bits per heavy atom. The molecule has 1 unspecified atom stereocenters. The minimum absolute atomic E-state index is 0.114. The van der Waals surface area contributed by atoms with Gasteiger partial charge in [-0.1, -0.05) is 18.2 Å². The molecule has 1 atom stereocenters. The maximum atomic E-state index is 14.2. The number of aromatic nitrogens is 2. The largest absolute Gasteiger partial charge is 0.342 e. The van der Waals surface area contributed by atoms with Gasteiger partial charge in [-0.3, -0.25) is 9.89 Å². The van der Waals surface area contributed by atoms with E-state index >= 15 is 0 Å². The zero-order valence-electron chi connectivity index (χ0n) is 14.6. The van der Waals surface area contributed by atoms with Gasteiger partial charge in [-0.2, -0.15) is 5.10 Å². The molecule has 0 spiro atoms. The van der Waals surface area contributed by atoms with Gasteiger partial charge in [0.15, 0.2) is 0 Å². The molecule has 1 N–H and O–H groups in total. The fourth-order valence-corrected chi connectivity index (χ4v) is 4.16. The summed E-state index contributed by atoms with van der Waals surface area (Å²) in [5.41, 5.74) is 2.30. The Labute approximate surface area is 147 Å². The third-order valence-corrected chi connectivity index (χ3v) is 5.78. The van der Waals surface area contributed by atoms with Crippen molar-refractivity contribution in [2.45, 2.75) is 44.4 Å². The van der Waals surface area contributed by atoms with Gasteiger partial charge in [-0.25, -0.2) is 4.39 Å². The summed E-state index contributed by atoms with van der Waals surface area (Å²) >= 11 is 0. The van der Waals surface area contributed by atoms with Crippen LogP contribution in [0.2, 0.25) is 0 Å². The van der Waals surface area contributed by atoms with Crippen molar-refractivity contribution in [3.63, 3.8) is 0 Å². The highest BCUT2D eigenvalue weighted by molar-refractivity contribution is 5.91. The second-order valence-electron chi connectivity index (χ2n) is 7.56. The Balaban J connectivity index is 1.49. The topological polar surface area (TPSA) is 49.0 Å². The molecule has 2 aromatic rings. The summed E-state index contributed by atoms with van der Waals surface area (Å²) in [5, 5.41) is 7.16. The molecule has 25 heavy (non-hydrogen) atoms. The van der Waals surface area contributed by atoms with Crippen LogP contribution in [0.25, 0.3) is 0 Å². The molecule has 2 fully saturated rings. The maximum absolute atomic E-state index is 14.2. The highest BCUT2D eigenvalue weighted by atomic mass is 19.1. The van der Waals surface area contributed by atoms with E-state index in [4.69, 9.17) is 0 Å². The second kappa shape index (κ2) is 6.28. The van der Waals surface area contributed by atoms with Gasteiger partial charge in [0.2, 0.25) is 5.91 Å². The number of hydrogen-bond acceptors (Lipinski definition) is 2. The number of aryl methyl sites for hydroxylation is 1. The van der Waals surface area contributed by atoms with Crippen LogP contribution in [0.4, 0.5) is 4.39 Å². The van der Waals surface area contributed by atoms with E-state index < -0.39 is 5.41 Å². The first-order valence-electron chi connectivity index (χ1n) is 9.13. The Morgan fingerprint density at radius 2 is 2.20 bits per heavy atom. The van der Waals surface area contributed by atoms with E-state index in [9.17, 15) is 9.18 Å². The van der Waals surface area contributed by atoms with Gasteiger partial charge in [-0.15, -0.1) is 0 Å². The summed E-state index contributed by atoms with van der Waals surface area (Å²) in [7, 11) is 0.